The Morgan fingerprint density at radius 1 is 1.13 bits per heavy atom. The molecule has 1 aliphatic carbocycles. The van der Waals surface area contributed by atoms with Crippen molar-refractivity contribution in [2.24, 2.45) is 0 Å². The van der Waals surface area contributed by atoms with E-state index in [0.29, 0.717) is 12.0 Å². The SMILES string of the molecule is CC(=O)NC(Cc1cc(F)cc(F)c1)C(O)CNC1(c2cccc(C(C)(C)C)c2)CC=C(NN(C)C)CC1. The number of aliphatic hydroxyl groups is 1. The second kappa shape index (κ2) is 12.4. The van der Waals surface area contributed by atoms with Gasteiger partial charge in [0.05, 0.1) is 12.1 Å². The molecule has 0 saturated carbocycles. The third-order valence-corrected chi connectivity index (χ3v) is 7.05. The molecular formula is C30H42F2N4O2. The number of nitrogens with zero attached hydrogens (tertiary/aromatic N) is 1. The first-order valence-electron chi connectivity index (χ1n) is 13.2. The van der Waals surface area contributed by atoms with E-state index in [2.05, 4.69) is 67.2 Å². The van der Waals surface area contributed by atoms with Gasteiger partial charge in [-0.15, -0.1) is 0 Å². The van der Waals surface area contributed by atoms with Crippen LogP contribution in [0.15, 0.2) is 54.2 Å². The number of aliphatic hydroxyl groups excluding tert-OH is 1. The fraction of sp³-hybridized carbons (Fsp3) is 0.500. The van der Waals surface area contributed by atoms with E-state index in [1.165, 1.54) is 24.6 Å². The number of carbonyl (C=O) groups excluding carboxylic acids is 1. The molecule has 1 aliphatic rings. The van der Waals surface area contributed by atoms with Gasteiger partial charge in [0.1, 0.15) is 11.6 Å². The first-order chi connectivity index (χ1) is 17.8. The highest BCUT2D eigenvalue weighted by molar-refractivity contribution is 5.73. The van der Waals surface area contributed by atoms with E-state index in [1.54, 1.807) is 0 Å². The summed E-state index contributed by atoms with van der Waals surface area (Å²) < 4.78 is 27.6. The van der Waals surface area contributed by atoms with Gasteiger partial charge in [0, 0.05) is 44.9 Å². The minimum absolute atomic E-state index is 0.0183. The lowest BCUT2D eigenvalue weighted by Crippen LogP contribution is -2.53. The van der Waals surface area contributed by atoms with Crippen LogP contribution >= 0.6 is 0 Å². The third-order valence-electron chi connectivity index (χ3n) is 7.05. The van der Waals surface area contributed by atoms with Crippen LogP contribution in [0.5, 0.6) is 0 Å². The van der Waals surface area contributed by atoms with Crippen molar-refractivity contribution in [3.63, 3.8) is 0 Å². The fourth-order valence-corrected chi connectivity index (χ4v) is 5.02. The molecule has 8 heteroatoms. The molecule has 38 heavy (non-hydrogen) atoms. The topological polar surface area (TPSA) is 76.6 Å². The minimum atomic E-state index is -0.988. The van der Waals surface area contributed by atoms with Gasteiger partial charge in [0.15, 0.2) is 0 Å². The van der Waals surface area contributed by atoms with Crippen LogP contribution in [0.1, 0.15) is 63.6 Å². The molecule has 3 unspecified atom stereocenters. The smallest absolute Gasteiger partial charge is 0.217 e. The lowest BCUT2D eigenvalue weighted by molar-refractivity contribution is -0.120. The maximum absolute atomic E-state index is 13.8. The van der Waals surface area contributed by atoms with Gasteiger partial charge >= 0.3 is 0 Å². The number of hydrogen-bond donors (Lipinski definition) is 4. The van der Waals surface area contributed by atoms with Gasteiger partial charge in [0.2, 0.25) is 5.91 Å². The van der Waals surface area contributed by atoms with Crippen molar-refractivity contribution in [3.05, 3.63) is 82.6 Å². The maximum Gasteiger partial charge on any atom is 0.217 e. The first kappa shape index (κ1) is 29.7. The lowest BCUT2D eigenvalue weighted by Gasteiger charge is -2.40. The minimum Gasteiger partial charge on any atom is -0.390 e. The Balaban J connectivity index is 1.87. The highest BCUT2D eigenvalue weighted by atomic mass is 19.1. The number of hydrazine groups is 1. The number of halogens is 2. The van der Waals surface area contributed by atoms with E-state index < -0.39 is 29.3 Å². The molecule has 3 atom stereocenters. The molecule has 0 heterocycles. The van der Waals surface area contributed by atoms with Crippen molar-refractivity contribution in [2.75, 3.05) is 20.6 Å². The summed E-state index contributed by atoms with van der Waals surface area (Å²) in [4.78, 5) is 11.9. The molecule has 0 spiro atoms. The summed E-state index contributed by atoms with van der Waals surface area (Å²) >= 11 is 0. The molecule has 2 aromatic rings. The second-order valence-corrected chi connectivity index (χ2v) is 11.6. The van der Waals surface area contributed by atoms with Crippen LogP contribution in [0.4, 0.5) is 8.78 Å². The van der Waals surface area contributed by atoms with Gasteiger partial charge < -0.3 is 21.2 Å². The number of rotatable bonds is 10. The number of allylic oxidation sites excluding steroid dienone is 1. The lowest BCUT2D eigenvalue weighted by atomic mass is 9.76. The molecule has 0 aromatic heterocycles. The van der Waals surface area contributed by atoms with Crippen molar-refractivity contribution in [1.29, 1.82) is 0 Å². The second-order valence-electron chi connectivity index (χ2n) is 11.6. The van der Waals surface area contributed by atoms with Crippen molar-refractivity contribution in [3.8, 4) is 0 Å². The molecule has 4 N–H and O–H groups in total. The van der Waals surface area contributed by atoms with E-state index in [4.69, 9.17) is 0 Å². The average Bonchev–Trinajstić information content (AvgIpc) is 2.81. The molecule has 0 aliphatic heterocycles. The van der Waals surface area contributed by atoms with E-state index in [-0.39, 0.29) is 24.3 Å². The molecule has 2 aromatic carbocycles. The summed E-state index contributed by atoms with van der Waals surface area (Å²) in [6.45, 7) is 8.10. The predicted molar refractivity (Wildman–Crippen MR) is 147 cm³/mol. The maximum atomic E-state index is 13.8. The molecule has 208 valence electrons. The molecule has 0 fully saturated rings. The van der Waals surface area contributed by atoms with Crippen molar-refractivity contribution in [1.82, 2.24) is 21.1 Å². The number of carbonyl (C=O) groups is 1. The van der Waals surface area contributed by atoms with Gasteiger partial charge in [-0.2, -0.15) is 0 Å². The van der Waals surface area contributed by atoms with E-state index in [9.17, 15) is 18.7 Å². The standard InChI is InChI=1S/C30H42F2N4O2/c1-20(37)34-27(16-21-14-24(31)18-25(32)15-21)28(38)19-33-30(12-10-26(11-13-30)35-36(5)6)23-9-7-8-22(17-23)29(2,3)4/h7-10,14-15,17-18,27-28,33,35,38H,11-13,16,19H2,1-6H3,(H,34,37). The summed E-state index contributed by atoms with van der Waals surface area (Å²) in [6, 6.07) is 11.1. The normalized spacial score (nSPS) is 19.6. The van der Waals surface area contributed by atoms with Crippen molar-refractivity contribution >= 4 is 5.91 Å². The fourth-order valence-electron chi connectivity index (χ4n) is 5.02. The Morgan fingerprint density at radius 2 is 1.82 bits per heavy atom. The van der Waals surface area contributed by atoms with Crippen LogP contribution in [-0.2, 0) is 22.2 Å². The molecule has 3 rings (SSSR count). The third kappa shape index (κ3) is 8.09. The number of nitrogens with one attached hydrogen (secondary N) is 3. The zero-order valence-electron chi connectivity index (χ0n) is 23.4. The number of benzene rings is 2. The Bertz CT molecular complexity index is 1130. The van der Waals surface area contributed by atoms with Crippen LogP contribution in [0.2, 0.25) is 0 Å². The molecule has 0 saturated heterocycles. The van der Waals surface area contributed by atoms with Crippen LogP contribution in [0, 0.1) is 11.6 Å². The molecular weight excluding hydrogens is 486 g/mol. The van der Waals surface area contributed by atoms with Crippen LogP contribution in [0.3, 0.4) is 0 Å². The monoisotopic (exact) mass is 528 g/mol. The van der Waals surface area contributed by atoms with Crippen molar-refractivity contribution in [2.45, 2.75) is 76.5 Å². The summed E-state index contributed by atoms with van der Waals surface area (Å²) in [5, 5.41) is 19.5. The summed E-state index contributed by atoms with van der Waals surface area (Å²) in [6.07, 6.45) is 3.63. The summed E-state index contributed by atoms with van der Waals surface area (Å²) in [5.74, 6) is -1.70. The van der Waals surface area contributed by atoms with Crippen molar-refractivity contribution < 1.29 is 18.7 Å². The Labute approximate surface area is 225 Å². The summed E-state index contributed by atoms with van der Waals surface area (Å²) in [5.41, 5.74) is 6.79. The van der Waals surface area contributed by atoms with Gasteiger partial charge in [-0.05, 0) is 59.9 Å². The van der Waals surface area contributed by atoms with E-state index >= 15 is 0 Å². The van der Waals surface area contributed by atoms with Crippen LogP contribution < -0.4 is 16.1 Å². The van der Waals surface area contributed by atoms with E-state index in [0.717, 1.165) is 30.2 Å². The van der Waals surface area contributed by atoms with E-state index in [1.807, 2.05) is 19.1 Å². The van der Waals surface area contributed by atoms with Gasteiger partial charge in [-0.3, -0.25) is 4.79 Å². The first-order valence-corrected chi connectivity index (χ1v) is 13.2. The zero-order chi connectivity index (χ0) is 28.1. The van der Waals surface area contributed by atoms with Gasteiger partial charge in [0.25, 0.3) is 0 Å². The Kier molecular flexibility index (Phi) is 9.68. The number of hydrogen-bond acceptors (Lipinski definition) is 5. The molecule has 6 nitrogen and oxygen atoms in total. The van der Waals surface area contributed by atoms with Crippen LogP contribution in [-0.4, -0.2) is 48.8 Å². The molecule has 0 bridgehead atoms. The highest BCUT2D eigenvalue weighted by Gasteiger charge is 2.36. The van der Waals surface area contributed by atoms with Gasteiger partial charge in [-0.25, -0.2) is 13.8 Å². The number of amides is 1. The predicted octanol–water partition coefficient (Wildman–Crippen LogP) is 4.29. The van der Waals surface area contributed by atoms with Gasteiger partial charge in [-0.1, -0.05) is 51.1 Å². The largest absolute Gasteiger partial charge is 0.390 e. The summed E-state index contributed by atoms with van der Waals surface area (Å²) in [7, 11) is 3.91. The Morgan fingerprint density at radius 3 is 2.37 bits per heavy atom. The quantitative estimate of drug-likeness (QED) is 0.346. The zero-order valence-corrected chi connectivity index (χ0v) is 23.4. The average molecular weight is 529 g/mol. The molecule has 1 amide bonds. The highest BCUT2D eigenvalue weighted by Crippen LogP contribution is 2.38. The Hall–Kier alpha value is -2.81. The molecule has 0 radical (unpaired) electrons. The van der Waals surface area contributed by atoms with Crippen LogP contribution in [0.25, 0.3) is 0 Å².